The average molecular weight is 413 g/mol. The highest BCUT2D eigenvalue weighted by Gasteiger charge is 2.25. The number of carbonyl (C=O) groups excluding carboxylic acids is 1. The van der Waals surface area contributed by atoms with Gasteiger partial charge in [0.15, 0.2) is 0 Å². The molecule has 0 spiro atoms. The summed E-state index contributed by atoms with van der Waals surface area (Å²) in [4.78, 5) is 29.2. The van der Waals surface area contributed by atoms with Gasteiger partial charge in [-0.15, -0.1) is 0 Å². The molecule has 0 bridgehead atoms. The predicted octanol–water partition coefficient (Wildman–Crippen LogP) is 3.47. The first-order valence-electron chi connectivity index (χ1n) is 10.6. The summed E-state index contributed by atoms with van der Waals surface area (Å²) in [6, 6.07) is 15.0. The molecule has 1 aliphatic rings. The lowest BCUT2D eigenvalue weighted by Crippen LogP contribution is -2.39. The van der Waals surface area contributed by atoms with Gasteiger partial charge in [0.25, 0.3) is 11.5 Å². The van der Waals surface area contributed by atoms with Gasteiger partial charge in [0.05, 0.1) is 17.3 Å². The molecular weight excluding hydrogens is 390 g/mol. The first-order valence-corrected chi connectivity index (χ1v) is 10.6. The molecule has 0 saturated heterocycles. The molecule has 4 aromatic rings. The fourth-order valence-electron chi connectivity index (χ4n) is 4.28. The number of nitrogens with one attached hydrogen (secondary N) is 1. The van der Waals surface area contributed by atoms with Gasteiger partial charge in [0.2, 0.25) is 0 Å². The van der Waals surface area contributed by atoms with E-state index in [0.29, 0.717) is 5.56 Å². The van der Waals surface area contributed by atoms with Crippen molar-refractivity contribution in [3.05, 3.63) is 89.2 Å². The van der Waals surface area contributed by atoms with Gasteiger partial charge in [-0.1, -0.05) is 6.07 Å². The van der Waals surface area contributed by atoms with Crippen LogP contribution in [-0.2, 0) is 0 Å². The SMILES string of the molecule is O=C(NC1CCC(n2nc(-c3ccncc3)ccc2=O)CC1)c1cc2ccccn2c1. The number of pyridine rings is 2. The van der Waals surface area contributed by atoms with Crippen LogP contribution in [0.5, 0.6) is 0 Å². The molecular formula is C24H23N5O2. The number of rotatable bonds is 4. The number of hydrogen-bond donors (Lipinski definition) is 1. The Morgan fingerprint density at radius 1 is 1.00 bits per heavy atom. The van der Waals surface area contributed by atoms with Crippen molar-refractivity contribution in [3.63, 3.8) is 0 Å². The van der Waals surface area contributed by atoms with E-state index in [1.54, 1.807) is 29.2 Å². The summed E-state index contributed by atoms with van der Waals surface area (Å²) in [7, 11) is 0. The van der Waals surface area contributed by atoms with E-state index in [1.807, 2.05) is 53.2 Å². The molecule has 4 aromatic heterocycles. The lowest BCUT2D eigenvalue weighted by atomic mass is 9.91. The van der Waals surface area contributed by atoms with Crippen molar-refractivity contribution in [2.75, 3.05) is 0 Å². The zero-order chi connectivity index (χ0) is 21.2. The second-order valence-electron chi connectivity index (χ2n) is 7.98. The molecule has 5 rings (SSSR count). The Morgan fingerprint density at radius 2 is 1.81 bits per heavy atom. The third-order valence-corrected chi connectivity index (χ3v) is 5.95. The fourth-order valence-corrected chi connectivity index (χ4v) is 4.28. The van der Waals surface area contributed by atoms with Crippen molar-refractivity contribution < 1.29 is 4.79 Å². The molecule has 0 aliphatic heterocycles. The lowest BCUT2D eigenvalue weighted by Gasteiger charge is -2.29. The highest BCUT2D eigenvalue weighted by Crippen LogP contribution is 2.28. The van der Waals surface area contributed by atoms with Crippen molar-refractivity contribution in [2.45, 2.75) is 37.8 Å². The van der Waals surface area contributed by atoms with Crippen LogP contribution in [0.15, 0.2) is 78.1 Å². The molecule has 1 amide bonds. The van der Waals surface area contributed by atoms with Crippen molar-refractivity contribution in [3.8, 4) is 11.3 Å². The summed E-state index contributed by atoms with van der Waals surface area (Å²) in [5.74, 6) is -0.0536. The Morgan fingerprint density at radius 3 is 2.58 bits per heavy atom. The number of fused-ring (bicyclic) bond motifs is 1. The molecule has 4 heterocycles. The number of amides is 1. The van der Waals surface area contributed by atoms with E-state index in [1.165, 1.54) is 0 Å². The molecule has 7 nitrogen and oxygen atoms in total. The van der Waals surface area contributed by atoms with Crippen LogP contribution in [0.4, 0.5) is 0 Å². The molecule has 0 radical (unpaired) electrons. The second kappa shape index (κ2) is 8.18. The second-order valence-corrected chi connectivity index (χ2v) is 7.98. The van der Waals surface area contributed by atoms with E-state index < -0.39 is 0 Å². The Balaban J connectivity index is 1.25. The molecule has 156 valence electrons. The largest absolute Gasteiger partial charge is 0.349 e. The highest BCUT2D eigenvalue weighted by molar-refractivity contribution is 5.95. The lowest BCUT2D eigenvalue weighted by molar-refractivity contribution is 0.0921. The first-order chi connectivity index (χ1) is 15.2. The maximum absolute atomic E-state index is 12.7. The molecule has 1 N–H and O–H groups in total. The van der Waals surface area contributed by atoms with Gasteiger partial charge in [-0.25, -0.2) is 4.68 Å². The van der Waals surface area contributed by atoms with Gasteiger partial charge in [-0.3, -0.25) is 14.6 Å². The minimum atomic E-state index is -0.0919. The standard InChI is InChI=1S/C24H23N5O2/c30-23-9-8-22(17-10-12-25-13-11-17)27-29(23)20-6-4-19(5-7-20)26-24(31)18-15-21-3-1-2-14-28(21)16-18/h1-3,8-16,19-20H,4-7H2,(H,26,31). The predicted molar refractivity (Wildman–Crippen MR) is 118 cm³/mol. The van der Waals surface area contributed by atoms with Crippen LogP contribution < -0.4 is 10.9 Å². The van der Waals surface area contributed by atoms with Crippen LogP contribution in [0.3, 0.4) is 0 Å². The third-order valence-electron chi connectivity index (χ3n) is 5.95. The smallest absolute Gasteiger partial charge is 0.267 e. The Labute approximate surface area is 179 Å². The summed E-state index contributed by atoms with van der Waals surface area (Å²) in [5.41, 5.74) is 3.26. The van der Waals surface area contributed by atoms with Gasteiger partial charge >= 0.3 is 0 Å². The van der Waals surface area contributed by atoms with Crippen LogP contribution in [-0.4, -0.2) is 31.1 Å². The monoisotopic (exact) mass is 413 g/mol. The minimum Gasteiger partial charge on any atom is -0.349 e. The van der Waals surface area contributed by atoms with E-state index >= 15 is 0 Å². The summed E-state index contributed by atoms with van der Waals surface area (Å²) < 4.78 is 3.55. The molecule has 31 heavy (non-hydrogen) atoms. The van der Waals surface area contributed by atoms with Gasteiger partial charge in [-0.2, -0.15) is 5.10 Å². The zero-order valence-electron chi connectivity index (χ0n) is 17.0. The fraction of sp³-hybridized carbons (Fsp3) is 0.250. The molecule has 0 unspecified atom stereocenters. The van der Waals surface area contributed by atoms with Crippen LogP contribution in [0.25, 0.3) is 16.8 Å². The zero-order valence-corrected chi connectivity index (χ0v) is 17.0. The van der Waals surface area contributed by atoms with Gasteiger partial charge < -0.3 is 9.72 Å². The number of aromatic nitrogens is 4. The van der Waals surface area contributed by atoms with Gasteiger partial charge in [0.1, 0.15) is 0 Å². The van der Waals surface area contributed by atoms with Crippen LogP contribution in [0, 0.1) is 0 Å². The Kier molecular flexibility index (Phi) is 5.08. The molecule has 7 heteroatoms. The maximum Gasteiger partial charge on any atom is 0.267 e. The maximum atomic E-state index is 12.7. The normalized spacial score (nSPS) is 18.7. The molecule has 1 fully saturated rings. The van der Waals surface area contributed by atoms with E-state index in [9.17, 15) is 9.59 Å². The van der Waals surface area contributed by atoms with Gasteiger partial charge in [0, 0.05) is 48.0 Å². The summed E-state index contributed by atoms with van der Waals surface area (Å²) in [6.45, 7) is 0. The average Bonchev–Trinajstić information content (AvgIpc) is 3.25. The quantitative estimate of drug-likeness (QED) is 0.555. The van der Waals surface area contributed by atoms with E-state index in [4.69, 9.17) is 0 Å². The number of hydrogen-bond acceptors (Lipinski definition) is 4. The summed E-state index contributed by atoms with van der Waals surface area (Å²) in [6.07, 6.45) is 10.5. The van der Waals surface area contributed by atoms with Crippen LogP contribution in [0.2, 0.25) is 0 Å². The Hall–Kier alpha value is -3.74. The van der Waals surface area contributed by atoms with Gasteiger partial charge in [-0.05, 0) is 62.1 Å². The third kappa shape index (κ3) is 3.99. The number of carbonyl (C=O) groups is 1. The minimum absolute atomic E-state index is 0.0412. The van der Waals surface area contributed by atoms with Crippen molar-refractivity contribution >= 4 is 11.4 Å². The first kappa shape index (κ1) is 19.2. The molecule has 0 aromatic carbocycles. The van der Waals surface area contributed by atoms with Crippen molar-refractivity contribution in [1.82, 2.24) is 24.5 Å². The topological polar surface area (TPSA) is 81.3 Å². The van der Waals surface area contributed by atoms with E-state index in [-0.39, 0.29) is 23.6 Å². The van der Waals surface area contributed by atoms with E-state index in [0.717, 1.165) is 42.5 Å². The molecule has 0 atom stereocenters. The molecule has 1 aliphatic carbocycles. The van der Waals surface area contributed by atoms with Crippen molar-refractivity contribution in [2.24, 2.45) is 0 Å². The summed E-state index contributed by atoms with van der Waals surface area (Å²) >= 11 is 0. The Bertz CT molecular complexity index is 1240. The summed E-state index contributed by atoms with van der Waals surface area (Å²) in [5, 5.41) is 7.76. The van der Waals surface area contributed by atoms with Crippen LogP contribution in [0.1, 0.15) is 42.1 Å². The molecule has 1 saturated carbocycles. The van der Waals surface area contributed by atoms with Crippen molar-refractivity contribution in [1.29, 1.82) is 0 Å². The number of nitrogens with zero attached hydrogens (tertiary/aromatic N) is 4. The van der Waals surface area contributed by atoms with E-state index in [2.05, 4.69) is 15.4 Å². The highest BCUT2D eigenvalue weighted by atomic mass is 16.1. The van der Waals surface area contributed by atoms with Crippen LogP contribution >= 0.6 is 0 Å².